The molecule has 1 aromatic carbocycles. The molecule has 19 heavy (non-hydrogen) atoms. The van der Waals surface area contributed by atoms with E-state index < -0.39 is 0 Å². The molecule has 0 aliphatic heterocycles. The van der Waals surface area contributed by atoms with Crippen LogP contribution >= 0.6 is 0 Å². The minimum Gasteiger partial charge on any atom is -0.494 e. The molecule has 2 unspecified atom stereocenters. The summed E-state index contributed by atoms with van der Waals surface area (Å²) < 4.78 is 5.52. The molecule has 0 aliphatic rings. The lowest BCUT2D eigenvalue weighted by Crippen LogP contribution is -2.35. The number of rotatable bonds is 8. The van der Waals surface area contributed by atoms with Crippen LogP contribution in [0.25, 0.3) is 0 Å². The lowest BCUT2D eigenvalue weighted by atomic mass is 10.0. The molecule has 2 N–H and O–H groups in total. The summed E-state index contributed by atoms with van der Waals surface area (Å²) >= 11 is 0. The number of aliphatic hydroxyl groups is 1. The molecule has 0 amide bonds. The Morgan fingerprint density at radius 1 is 1.26 bits per heavy atom. The molecule has 0 bridgehead atoms. The molecule has 1 aromatic rings. The quantitative estimate of drug-likeness (QED) is 0.758. The number of nitrogens with one attached hydrogen (secondary N) is 1. The van der Waals surface area contributed by atoms with Gasteiger partial charge in [-0.05, 0) is 43.9 Å². The summed E-state index contributed by atoms with van der Waals surface area (Å²) in [6.07, 6.45) is 0.978. The summed E-state index contributed by atoms with van der Waals surface area (Å²) in [5.41, 5.74) is 1.19. The van der Waals surface area contributed by atoms with Crippen molar-refractivity contribution in [2.75, 3.05) is 13.2 Å². The van der Waals surface area contributed by atoms with Crippen molar-refractivity contribution in [2.45, 2.75) is 46.2 Å². The van der Waals surface area contributed by atoms with Gasteiger partial charge >= 0.3 is 0 Å². The van der Waals surface area contributed by atoms with E-state index in [0.717, 1.165) is 12.2 Å². The lowest BCUT2D eigenvalue weighted by Gasteiger charge is -2.23. The van der Waals surface area contributed by atoms with E-state index in [1.807, 2.05) is 19.1 Å². The average Bonchev–Trinajstić information content (AvgIpc) is 2.38. The monoisotopic (exact) mass is 265 g/mol. The van der Waals surface area contributed by atoms with E-state index in [2.05, 4.69) is 38.2 Å². The molecule has 0 fully saturated rings. The molecule has 0 aliphatic carbocycles. The summed E-state index contributed by atoms with van der Waals surface area (Å²) in [5.74, 6) is 1.48. The van der Waals surface area contributed by atoms with Crippen molar-refractivity contribution < 1.29 is 9.84 Å². The molecule has 3 heteroatoms. The van der Waals surface area contributed by atoms with E-state index in [1.165, 1.54) is 5.56 Å². The second-order valence-electron chi connectivity index (χ2n) is 5.40. The number of hydrogen-bond acceptors (Lipinski definition) is 3. The molecule has 0 radical (unpaired) electrons. The predicted octanol–water partition coefficient (Wildman–Crippen LogP) is 3.14. The van der Waals surface area contributed by atoms with Crippen molar-refractivity contribution in [3.05, 3.63) is 29.8 Å². The van der Waals surface area contributed by atoms with E-state index in [4.69, 9.17) is 4.74 Å². The van der Waals surface area contributed by atoms with E-state index in [-0.39, 0.29) is 18.7 Å². The summed E-state index contributed by atoms with van der Waals surface area (Å²) in [6, 6.07) is 8.48. The Kier molecular flexibility index (Phi) is 6.89. The molecule has 1 rings (SSSR count). The third kappa shape index (κ3) is 5.62. The van der Waals surface area contributed by atoms with Gasteiger partial charge in [0.15, 0.2) is 0 Å². The first kappa shape index (κ1) is 16.0. The molecule has 0 spiro atoms. The largest absolute Gasteiger partial charge is 0.494 e. The number of hydrogen-bond donors (Lipinski definition) is 2. The fraction of sp³-hybridized carbons (Fsp3) is 0.625. The van der Waals surface area contributed by atoms with Crippen LogP contribution in [0.15, 0.2) is 24.3 Å². The Morgan fingerprint density at radius 3 is 2.58 bits per heavy atom. The Labute approximate surface area is 117 Å². The zero-order valence-electron chi connectivity index (χ0n) is 12.5. The fourth-order valence-corrected chi connectivity index (χ4v) is 2.25. The summed E-state index contributed by atoms with van der Waals surface area (Å²) in [4.78, 5) is 0. The van der Waals surface area contributed by atoms with Crippen LogP contribution < -0.4 is 10.1 Å². The van der Waals surface area contributed by atoms with Crippen LogP contribution in [-0.2, 0) is 0 Å². The van der Waals surface area contributed by atoms with Crippen LogP contribution in [0.5, 0.6) is 5.75 Å². The fourth-order valence-electron chi connectivity index (χ4n) is 2.25. The second-order valence-corrected chi connectivity index (χ2v) is 5.40. The summed E-state index contributed by atoms with van der Waals surface area (Å²) in [7, 11) is 0. The van der Waals surface area contributed by atoms with Gasteiger partial charge in [0.05, 0.1) is 13.2 Å². The predicted molar refractivity (Wildman–Crippen MR) is 79.5 cm³/mol. The lowest BCUT2D eigenvalue weighted by molar-refractivity contribution is 0.215. The number of benzene rings is 1. The van der Waals surface area contributed by atoms with Gasteiger partial charge in [-0.25, -0.2) is 0 Å². The maximum atomic E-state index is 9.42. The molecule has 0 saturated carbocycles. The average molecular weight is 265 g/mol. The van der Waals surface area contributed by atoms with Crippen molar-refractivity contribution in [1.29, 1.82) is 0 Å². The van der Waals surface area contributed by atoms with Crippen LogP contribution in [-0.4, -0.2) is 24.4 Å². The highest BCUT2D eigenvalue weighted by Crippen LogP contribution is 2.20. The molecule has 0 heterocycles. The highest BCUT2D eigenvalue weighted by atomic mass is 16.5. The normalized spacial score (nSPS) is 14.4. The third-order valence-electron chi connectivity index (χ3n) is 3.13. The Hall–Kier alpha value is -1.06. The van der Waals surface area contributed by atoms with Gasteiger partial charge in [0.25, 0.3) is 0 Å². The Balaban J connectivity index is 2.65. The van der Waals surface area contributed by atoms with Crippen molar-refractivity contribution in [1.82, 2.24) is 5.32 Å². The SMILES string of the molecule is CCOc1cccc(C(C)NC(CO)CC(C)C)c1. The van der Waals surface area contributed by atoms with Gasteiger partial charge < -0.3 is 15.2 Å². The first-order valence-corrected chi connectivity index (χ1v) is 7.16. The van der Waals surface area contributed by atoms with E-state index in [0.29, 0.717) is 12.5 Å². The Bertz CT molecular complexity index is 366. The first-order chi connectivity index (χ1) is 9.06. The topological polar surface area (TPSA) is 41.5 Å². The van der Waals surface area contributed by atoms with Crippen molar-refractivity contribution >= 4 is 0 Å². The van der Waals surface area contributed by atoms with E-state index >= 15 is 0 Å². The Morgan fingerprint density at radius 2 is 2.00 bits per heavy atom. The van der Waals surface area contributed by atoms with Crippen LogP contribution in [0.4, 0.5) is 0 Å². The van der Waals surface area contributed by atoms with E-state index in [9.17, 15) is 5.11 Å². The van der Waals surface area contributed by atoms with Crippen LogP contribution in [0.2, 0.25) is 0 Å². The molecule has 0 saturated heterocycles. The maximum Gasteiger partial charge on any atom is 0.119 e. The van der Waals surface area contributed by atoms with Gasteiger partial charge in [-0.15, -0.1) is 0 Å². The number of aliphatic hydroxyl groups excluding tert-OH is 1. The summed E-state index contributed by atoms with van der Waals surface area (Å²) in [5, 5.41) is 12.9. The van der Waals surface area contributed by atoms with Gasteiger partial charge in [-0.1, -0.05) is 26.0 Å². The molecular formula is C16H27NO2. The van der Waals surface area contributed by atoms with E-state index in [1.54, 1.807) is 0 Å². The standard InChI is InChI=1S/C16H27NO2/c1-5-19-16-8-6-7-14(10-16)13(4)17-15(11-18)9-12(2)3/h6-8,10,12-13,15,17-18H,5,9,11H2,1-4H3. The maximum absolute atomic E-state index is 9.42. The van der Waals surface area contributed by atoms with Gasteiger partial charge in [0.2, 0.25) is 0 Å². The summed E-state index contributed by atoms with van der Waals surface area (Å²) in [6.45, 7) is 9.30. The molecule has 2 atom stereocenters. The van der Waals surface area contributed by atoms with Gasteiger partial charge in [0, 0.05) is 12.1 Å². The highest BCUT2D eigenvalue weighted by molar-refractivity contribution is 5.30. The first-order valence-electron chi connectivity index (χ1n) is 7.16. The molecule has 108 valence electrons. The highest BCUT2D eigenvalue weighted by Gasteiger charge is 2.14. The van der Waals surface area contributed by atoms with Crippen LogP contribution in [0.1, 0.15) is 45.7 Å². The zero-order chi connectivity index (χ0) is 14.3. The van der Waals surface area contributed by atoms with Crippen molar-refractivity contribution in [3.63, 3.8) is 0 Å². The number of ether oxygens (including phenoxy) is 1. The smallest absolute Gasteiger partial charge is 0.119 e. The molecule has 0 aromatic heterocycles. The zero-order valence-corrected chi connectivity index (χ0v) is 12.5. The molecular weight excluding hydrogens is 238 g/mol. The minimum atomic E-state index is 0.144. The van der Waals surface area contributed by atoms with Crippen LogP contribution in [0, 0.1) is 5.92 Å². The van der Waals surface area contributed by atoms with Crippen molar-refractivity contribution in [3.8, 4) is 5.75 Å². The molecule has 3 nitrogen and oxygen atoms in total. The van der Waals surface area contributed by atoms with Crippen LogP contribution in [0.3, 0.4) is 0 Å². The third-order valence-corrected chi connectivity index (χ3v) is 3.13. The minimum absolute atomic E-state index is 0.144. The van der Waals surface area contributed by atoms with Crippen molar-refractivity contribution in [2.24, 2.45) is 5.92 Å². The van der Waals surface area contributed by atoms with Gasteiger partial charge in [-0.2, -0.15) is 0 Å². The van der Waals surface area contributed by atoms with Gasteiger partial charge in [-0.3, -0.25) is 0 Å². The second kappa shape index (κ2) is 8.18. The van der Waals surface area contributed by atoms with Gasteiger partial charge in [0.1, 0.15) is 5.75 Å².